The van der Waals surface area contributed by atoms with Crippen molar-refractivity contribution in [1.82, 2.24) is 5.43 Å². The standard InChI is InChI=1S/C16H17FN2O2/c17-15-5-1-14(2-6-15)12-21-16-7-3-13(4-8-16)11-19-18-9-10-20/h1-8,11,18,20H,9-10,12H2. The van der Waals surface area contributed by atoms with Crippen molar-refractivity contribution < 1.29 is 14.2 Å². The van der Waals surface area contributed by atoms with Crippen LogP contribution in [0.15, 0.2) is 53.6 Å². The maximum Gasteiger partial charge on any atom is 0.123 e. The first kappa shape index (κ1) is 15.0. The van der Waals surface area contributed by atoms with Crippen LogP contribution in [0.2, 0.25) is 0 Å². The number of hydrazone groups is 1. The van der Waals surface area contributed by atoms with Gasteiger partial charge in [0.15, 0.2) is 0 Å². The van der Waals surface area contributed by atoms with E-state index < -0.39 is 0 Å². The van der Waals surface area contributed by atoms with Crippen LogP contribution >= 0.6 is 0 Å². The number of nitrogens with one attached hydrogen (secondary N) is 1. The third-order valence-corrected chi connectivity index (χ3v) is 2.73. The van der Waals surface area contributed by atoms with E-state index in [1.807, 2.05) is 24.3 Å². The first-order chi connectivity index (χ1) is 10.3. The lowest BCUT2D eigenvalue weighted by atomic mass is 10.2. The van der Waals surface area contributed by atoms with Gasteiger partial charge in [-0.1, -0.05) is 12.1 Å². The Bertz CT molecular complexity index is 568. The Morgan fingerprint density at radius 2 is 1.81 bits per heavy atom. The minimum atomic E-state index is -0.253. The van der Waals surface area contributed by atoms with E-state index in [1.54, 1.807) is 18.3 Å². The van der Waals surface area contributed by atoms with Gasteiger partial charge in [0, 0.05) is 0 Å². The maximum absolute atomic E-state index is 12.8. The number of nitrogens with zero attached hydrogens (tertiary/aromatic N) is 1. The molecule has 0 spiro atoms. The van der Waals surface area contributed by atoms with Crippen molar-refractivity contribution in [3.05, 3.63) is 65.5 Å². The molecule has 2 aromatic rings. The van der Waals surface area contributed by atoms with Crippen LogP contribution in [0.1, 0.15) is 11.1 Å². The second-order valence-electron chi connectivity index (χ2n) is 4.37. The number of aliphatic hydroxyl groups is 1. The van der Waals surface area contributed by atoms with Crippen molar-refractivity contribution in [2.45, 2.75) is 6.61 Å². The molecule has 21 heavy (non-hydrogen) atoms. The molecule has 0 aliphatic heterocycles. The number of hydrogen-bond acceptors (Lipinski definition) is 4. The lowest BCUT2D eigenvalue weighted by molar-refractivity contribution is 0.294. The van der Waals surface area contributed by atoms with Gasteiger partial charge in [0.2, 0.25) is 0 Å². The molecule has 2 N–H and O–H groups in total. The predicted molar refractivity (Wildman–Crippen MR) is 79.9 cm³/mol. The van der Waals surface area contributed by atoms with E-state index >= 15 is 0 Å². The Morgan fingerprint density at radius 3 is 2.48 bits per heavy atom. The molecular weight excluding hydrogens is 271 g/mol. The van der Waals surface area contributed by atoms with Crippen molar-refractivity contribution in [3.63, 3.8) is 0 Å². The van der Waals surface area contributed by atoms with Gasteiger partial charge in [-0.3, -0.25) is 0 Å². The van der Waals surface area contributed by atoms with E-state index in [9.17, 15) is 4.39 Å². The second-order valence-corrected chi connectivity index (χ2v) is 4.37. The van der Waals surface area contributed by atoms with Crippen molar-refractivity contribution >= 4 is 6.21 Å². The van der Waals surface area contributed by atoms with Gasteiger partial charge < -0.3 is 15.3 Å². The Labute approximate surface area is 122 Å². The zero-order valence-corrected chi connectivity index (χ0v) is 11.5. The summed E-state index contributed by atoms with van der Waals surface area (Å²) in [6.07, 6.45) is 1.67. The SMILES string of the molecule is OCCNN=Cc1ccc(OCc2ccc(F)cc2)cc1. The molecule has 5 heteroatoms. The molecule has 0 aliphatic carbocycles. The lowest BCUT2D eigenvalue weighted by Crippen LogP contribution is -2.11. The van der Waals surface area contributed by atoms with Crippen molar-refractivity contribution in [1.29, 1.82) is 0 Å². The summed E-state index contributed by atoms with van der Waals surface area (Å²) in [6.45, 7) is 0.870. The normalized spacial score (nSPS) is 10.8. The molecule has 0 fully saturated rings. The molecule has 110 valence electrons. The molecule has 2 rings (SSSR count). The first-order valence-corrected chi connectivity index (χ1v) is 6.62. The van der Waals surface area contributed by atoms with E-state index in [0.29, 0.717) is 13.2 Å². The minimum absolute atomic E-state index is 0.0491. The van der Waals surface area contributed by atoms with Crippen molar-refractivity contribution in [2.75, 3.05) is 13.2 Å². The summed E-state index contributed by atoms with van der Waals surface area (Å²) in [6, 6.07) is 13.7. The summed E-state index contributed by atoms with van der Waals surface area (Å²) in [5.74, 6) is 0.483. The van der Waals surface area contributed by atoms with Crippen molar-refractivity contribution in [2.24, 2.45) is 5.10 Å². The maximum atomic E-state index is 12.8. The molecule has 0 radical (unpaired) electrons. The highest BCUT2D eigenvalue weighted by molar-refractivity contribution is 5.79. The second kappa shape index (κ2) is 8.01. The van der Waals surface area contributed by atoms with Crippen molar-refractivity contribution in [3.8, 4) is 5.75 Å². The molecule has 0 aromatic heterocycles. The monoisotopic (exact) mass is 288 g/mol. The van der Waals surface area contributed by atoms with Crippen LogP contribution in [0, 0.1) is 5.82 Å². The quantitative estimate of drug-likeness (QED) is 0.467. The summed E-state index contributed by atoms with van der Waals surface area (Å²) in [5.41, 5.74) is 4.54. The van der Waals surface area contributed by atoms with Crippen LogP contribution in [0.5, 0.6) is 5.75 Å². The largest absolute Gasteiger partial charge is 0.489 e. The highest BCUT2D eigenvalue weighted by Gasteiger charge is 1.97. The van der Waals surface area contributed by atoms with E-state index in [-0.39, 0.29) is 12.4 Å². The van der Waals surface area contributed by atoms with Crippen LogP contribution in [0.25, 0.3) is 0 Å². The summed E-state index contributed by atoms with van der Waals surface area (Å²) in [7, 11) is 0. The van der Waals surface area contributed by atoms with Gasteiger partial charge >= 0.3 is 0 Å². The fourth-order valence-corrected chi connectivity index (χ4v) is 1.63. The van der Waals surface area contributed by atoms with Gasteiger partial charge in [-0.15, -0.1) is 0 Å². The summed E-state index contributed by atoms with van der Waals surface area (Å²) >= 11 is 0. The number of ether oxygens (including phenoxy) is 1. The Morgan fingerprint density at radius 1 is 1.10 bits per heavy atom. The Hall–Kier alpha value is -2.40. The molecule has 0 amide bonds. The molecule has 0 aliphatic rings. The Balaban J connectivity index is 1.84. The number of benzene rings is 2. The molecule has 0 unspecified atom stereocenters. The lowest BCUT2D eigenvalue weighted by Gasteiger charge is -2.06. The molecule has 0 atom stereocenters. The highest BCUT2D eigenvalue weighted by atomic mass is 19.1. The summed E-state index contributed by atoms with van der Waals surface area (Å²) in [5, 5.41) is 12.5. The average molecular weight is 288 g/mol. The predicted octanol–water partition coefficient (Wildman–Crippen LogP) is 2.32. The van der Waals surface area contributed by atoms with Crippen LogP contribution in [-0.2, 0) is 6.61 Å². The number of aliphatic hydroxyl groups excluding tert-OH is 1. The topological polar surface area (TPSA) is 53.8 Å². The minimum Gasteiger partial charge on any atom is -0.489 e. The zero-order valence-electron chi connectivity index (χ0n) is 11.5. The highest BCUT2D eigenvalue weighted by Crippen LogP contribution is 2.13. The van der Waals surface area contributed by atoms with Gasteiger partial charge in [-0.25, -0.2) is 4.39 Å². The van der Waals surface area contributed by atoms with Gasteiger partial charge in [-0.2, -0.15) is 5.10 Å². The summed E-state index contributed by atoms with van der Waals surface area (Å²) in [4.78, 5) is 0. The molecule has 0 bridgehead atoms. The number of hydrogen-bond donors (Lipinski definition) is 2. The zero-order chi connectivity index (χ0) is 14.9. The summed E-state index contributed by atoms with van der Waals surface area (Å²) < 4.78 is 18.4. The van der Waals surface area contributed by atoms with Gasteiger partial charge in [0.05, 0.1) is 19.4 Å². The van der Waals surface area contributed by atoms with Gasteiger partial charge in [0.1, 0.15) is 18.2 Å². The van der Waals surface area contributed by atoms with Crippen LogP contribution in [-0.4, -0.2) is 24.5 Å². The molecule has 0 saturated heterocycles. The molecule has 0 saturated carbocycles. The number of halogens is 1. The van der Waals surface area contributed by atoms with E-state index in [1.165, 1.54) is 12.1 Å². The van der Waals surface area contributed by atoms with E-state index in [0.717, 1.165) is 16.9 Å². The smallest absolute Gasteiger partial charge is 0.123 e. The molecular formula is C16H17FN2O2. The first-order valence-electron chi connectivity index (χ1n) is 6.62. The number of rotatable bonds is 7. The van der Waals surface area contributed by atoms with Gasteiger partial charge in [-0.05, 0) is 47.5 Å². The fraction of sp³-hybridized carbons (Fsp3) is 0.188. The van der Waals surface area contributed by atoms with Crippen LogP contribution in [0.3, 0.4) is 0 Å². The van der Waals surface area contributed by atoms with Crippen LogP contribution < -0.4 is 10.2 Å². The van der Waals surface area contributed by atoms with Crippen LogP contribution in [0.4, 0.5) is 4.39 Å². The van der Waals surface area contributed by atoms with Gasteiger partial charge in [0.25, 0.3) is 0 Å². The molecule has 4 nitrogen and oxygen atoms in total. The fourth-order valence-electron chi connectivity index (χ4n) is 1.63. The molecule has 0 heterocycles. The van der Waals surface area contributed by atoms with E-state index in [4.69, 9.17) is 9.84 Å². The van der Waals surface area contributed by atoms with E-state index in [2.05, 4.69) is 10.5 Å². The third kappa shape index (κ3) is 5.24. The Kier molecular flexibility index (Phi) is 5.72. The average Bonchev–Trinajstić information content (AvgIpc) is 2.52. The molecule has 2 aromatic carbocycles. The third-order valence-electron chi connectivity index (χ3n) is 2.73.